The van der Waals surface area contributed by atoms with E-state index in [-0.39, 0.29) is 11.9 Å². The lowest BCUT2D eigenvalue weighted by Crippen LogP contribution is -2.19. The molecule has 0 unspecified atom stereocenters. The van der Waals surface area contributed by atoms with Crippen LogP contribution in [0.15, 0.2) is 60.0 Å². The molecule has 0 spiro atoms. The first kappa shape index (κ1) is 18.3. The van der Waals surface area contributed by atoms with Crippen LogP contribution in [0, 0.1) is 0 Å². The van der Waals surface area contributed by atoms with Crippen molar-refractivity contribution in [3.8, 4) is 0 Å². The van der Waals surface area contributed by atoms with Crippen molar-refractivity contribution in [1.82, 2.24) is 10.3 Å². The smallest absolute Gasteiger partial charge is 0.255 e. The van der Waals surface area contributed by atoms with E-state index in [2.05, 4.69) is 40.9 Å². The molecule has 26 heavy (non-hydrogen) atoms. The first-order chi connectivity index (χ1) is 12.7. The molecule has 2 aromatic carbocycles. The van der Waals surface area contributed by atoms with Gasteiger partial charge in [-0.1, -0.05) is 37.3 Å². The minimum absolute atomic E-state index is 0.0991. The monoisotopic (exact) mass is 365 g/mol. The molecular weight excluding hydrogens is 342 g/mol. The fourth-order valence-electron chi connectivity index (χ4n) is 2.65. The lowest BCUT2D eigenvalue weighted by Gasteiger charge is -2.15. The number of rotatable bonds is 7. The SMILES string of the molecule is CCc1nc(CN[C@H](C)c2cccc(NC(=O)c3ccccc3)c2)cs1. The maximum Gasteiger partial charge on any atom is 0.255 e. The molecule has 5 heteroatoms. The van der Waals surface area contributed by atoms with E-state index in [1.807, 2.05) is 48.5 Å². The Morgan fingerprint density at radius 3 is 2.69 bits per heavy atom. The van der Waals surface area contributed by atoms with Crippen LogP contribution in [0.4, 0.5) is 5.69 Å². The Morgan fingerprint density at radius 1 is 1.15 bits per heavy atom. The highest BCUT2D eigenvalue weighted by atomic mass is 32.1. The lowest BCUT2D eigenvalue weighted by atomic mass is 10.1. The van der Waals surface area contributed by atoms with Crippen LogP contribution in [0.1, 0.15) is 46.5 Å². The second-order valence-corrected chi connectivity index (χ2v) is 7.08. The fraction of sp³-hybridized carbons (Fsp3) is 0.238. The van der Waals surface area contributed by atoms with Gasteiger partial charge in [0.25, 0.3) is 5.91 Å². The van der Waals surface area contributed by atoms with Gasteiger partial charge in [0.1, 0.15) is 0 Å². The number of aromatic nitrogens is 1. The summed E-state index contributed by atoms with van der Waals surface area (Å²) >= 11 is 1.71. The molecular formula is C21H23N3OS. The quantitative estimate of drug-likeness (QED) is 0.632. The van der Waals surface area contributed by atoms with Crippen molar-refractivity contribution in [3.63, 3.8) is 0 Å². The maximum absolute atomic E-state index is 12.3. The fourth-order valence-corrected chi connectivity index (χ4v) is 3.39. The molecule has 1 aromatic heterocycles. The van der Waals surface area contributed by atoms with Crippen LogP contribution in [0.25, 0.3) is 0 Å². The van der Waals surface area contributed by atoms with Crippen molar-refractivity contribution < 1.29 is 4.79 Å². The summed E-state index contributed by atoms with van der Waals surface area (Å²) in [4.78, 5) is 16.9. The molecule has 1 amide bonds. The third-order valence-corrected chi connectivity index (χ3v) is 5.21. The number of hydrogen-bond acceptors (Lipinski definition) is 4. The van der Waals surface area contributed by atoms with Crippen molar-refractivity contribution in [3.05, 3.63) is 81.8 Å². The summed E-state index contributed by atoms with van der Waals surface area (Å²) in [7, 11) is 0. The van der Waals surface area contributed by atoms with Gasteiger partial charge in [0.15, 0.2) is 0 Å². The lowest BCUT2D eigenvalue weighted by molar-refractivity contribution is 0.102. The van der Waals surface area contributed by atoms with Gasteiger partial charge in [-0.2, -0.15) is 0 Å². The number of amides is 1. The molecule has 0 fully saturated rings. The summed E-state index contributed by atoms with van der Waals surface area (Å²) in [6.07, 6.45) is 0.976. The van der Waals surface area contributed by atoms with Crippen molar-refractivity contribution >= 4 is 22.9 Å². The molecule has 0 aliphatic rings. The Kier molecular flexibility index (Phi) is 6.15. The number of hydrogen-bond donors (Lipinski definition) is 2. The average molecular weight is 366 g/mol. The van der Waals surface area contributed by atoms with Crippen LogP contribution in [0.3, 0.4) is 0 Å². The van der Waals surface area contributed by atoms with Gasteiger partial charge in [-0.25, -0.2) is 4.98 Å². The topological polar surface area (TPSA) is 54.0 Å². The second kappa shape index (κ2) is 8.74. The predicted octanol–water partition coefficient (Wildman–Crippen LogP) is 4.81. The highest BCUT2D eigenvalue weighted by Crippen LogP contribution is 2.19. The Balaban J connectivity index is 1.61. The number of nitrogens with one attached hydrogen (secondary N) is 2. The van der Waals surface area contributed by atoms with Gasteiger partial charge in [0.2, 0.25) is 0 Å². The van der Waals surface area contributed by atoms with Gasteiger partial charge in [0, 0.05) is 29.2 Å². The van der Waals surface area contributed by atoms with Crippen LogP contribution in [-0.2, 0) is 13.0 Å². The Labute approximate surface area is 158 Å². The minimum Gasteiger partial charge on any atom is -0.322 e. The molecule has 3 aromatic rings. The van der Waals surface area contributed by atoms with E-state index in [4.69, 9.17) is 0 Å². The maximum atomic E-state index is 12.3. The predicted molar refractivity (Wildman–Crippen MR) is 108 cm³/mol. The minimum atomic E-state index is -0.0991. The van der Waals surface area contributed by atoms with E-state index in [0.717, 1.165) is 29.9 Å². The number of aryl methyl sites for hydroxylation is 1. The summed E-state index contributed by atoms with van der Waals surface area (Å²) in [5.41, 5.74) is 3.65. The Hall–Kier alpha value is -2.50. The molecule has 1 heterocycles. The van der Waals surface area contributed by atoms with Crippen LogP contribution < -0.4 is 10.6 Å². The molecule has 0 aliphatic heterocycles. The standard InChI is InChI=1S/C21H23N3OS/c1-3-20-23-19(14-26-20)13-22-15(2)17-10-7-11-18(12-17)24-21(25)16-8-5-4-6-9-16/h4-12,14-15,22H,3,13H2,1-2H3,(H,24,25)/t15-/m1/s1. The molecule has 0 bridgehead atoms. The van der Waals surface area contributed by atoms with E-state index in [0.29, 0.717) is 5.56 Å². The van der Waals surface area contributed by atoms with Crippen molar-refractivity contribution in [2.75, 3.05) is 5.32 Å². The average Bonchev–Trinajstić information content (AvgIpc) is 3.15. The molecule has 0 radical (unpaired) electrons. The second-order valence-electron chi connectivity index (χ2n) is 6.13. The number of thiazole rings is 1. The molecule has 1 atom stereocenters. The Morgan fingerprint density at radius 2 is 1.96 bits per heavy atom. The molecule has 0 aliphatic carbocycles. The van der Waals surface area contributed by atoms with Crippen LogP contribution in [0.2, 0.25) is 0 Å². The summed E-state index contributed by atoms with van der Waals surface area (Å²) in [5, 5.41) is 9.73. The van der Waals surface area contributed by atoms with E-state index in [9.17, 15) is 4.79 Å². The van der Waals surface area contributed by atoms with Gasteiger partial charge in [-0.3, -0.25) is 4.79 Å². The van der Waals surface area contributed by atoms with E-state index in [1.165, 1.54) is 5.01 Å². The van der Waals surface area contributed by atoms with E-state index >= 15 is 0 Å². The number of nitrogens with zero attached hydrogens (tertiary/aromatic N) is 1. The highest BCUT2D eigenvalue weighted by molar-refractivity contribution is 7.09. The van der Waals surface area contributed by atoms with Crippen molar-refractivity contribution in [2.45, 2.75) is 32.9 Å². The molecule has 134 valence electrons. The van der Waals surface area contributed by atoms with Gasteiger partial charge in [-0.05, 0) is 43.2 Å². The van der Waals surface area contributed by atoms with Crippen molar-refractivity contribution in [1.29, 1.82) is 0 Å². The first-order valence-electron chi connectivity index (χ1n) is 8.78. The van der Waals surface area contributed by atoms with Gasteiger partial charge in [-0.15, -0.1) is 11.3 Å². The van der Waals surface area contributed by atoms with Gasteiger partial charge >= 0.3 is 0 Å². The third kappa shape index (κ3) is 4.77. The largest absolute Gasteiger partial charge is 0.322 e. The number of carbonyl (C=O) groups is 1. The van der Waals surface area contributed by atoms with Crippen LogP contribution >= 0.6 is 11.3 Å². The number of anilines is 1. The highest BCUT2D eigenvalue weighted by Gasteiger charge is 2.09. The van der Waals surface area contributed by atoms with Crippen LogP contribution in [0.5, 0.6) is 0 Å². The summed E-state index contributed by atoms with van der Waals surface area (Å²) in [6, 6.07) is 17.3. The zero-order valence-electron chi connectivity index (χ0n) is 15.0. The van der Waals surface area contributed by atoms with E-state index < -0.39 is 0 Å². The number of benzene rings is 2. The normalized spacial score (nSPS) is 11.9. The van der Waals surface area contributed by atoms with Gasteiger partial charge in [0.05, 0.1) is 10.7 Å². The zero-order chi connectivity index (χ0) is 18.4. The molecule has 0 saturated heterocycles. The molecule has 4 nitrogen and oxygen atoms in total. The zero-order valence-corrected chi connectivity index (χ0v) is 15.8. The summed E-state index contributed by atoms with van der Waals surface area (Å²) in [5.74, 6) is -0.0991. The van der Waals surface area contributed by atoms with Crippen LogP contribution in [-0.4, -0.2) is 10.9 Å². The van der Waals surface area contributed by atoms with E-state index in [1.54, 1.807) is 11.3 Å². The Bertz CT molecular complexity index is 860. The molecule has 2 N–H and O–H groups in total. The molecule has 3 rings (SSSR count). The van der Waals surface area contributed by atoms with Gasteiger partial charge < -0.3 is 10.6 Å². The number of carbonyl (C=O) groups excluding carboxylic acids is 1. The third-order valence-electron chi connectivity index (χ3n) is 4.17. The first-order valence-corrected chi connectivity index (χ1v) is 9.66. The summed E-state index contributed by atoms with van der Waals surface area (Å²) in [6.45, 7) is 4.97. The summed E-state index contributed by atoms with van der Waals surface area (Å²) < 4.78 is 0. The van der Waals surface area contributed by atoms with Crippen molar-refractivity contribution in [2.24, 2.45) is 0 Å². The molecule has 0 saturated carbocycles.